The maximum Gasteiger partial charge on any atom is -0.0229 e. The van der Waals surface area contributed by atoms with Gasteiger partial charge >= 0.3 is 0 Å². The molecule has 0 heteroatoms. The van der Waals surface area contributed by atoms with Crippen molar-refractivity contribution in [2.24, 2.45) is 17.3 Å². The van der Waals surface area contributed by atoms with E-state index in [1.165, 1.54) is 44.1 Å². The summed E-state index contributed by atoms with van der Waals surface area (Å²) in [5, 5.41) is 0. The van der Waals surface area contributed by atoms with Crippen molar-refractivity contribution in [3.63, 3.8) is 0 Å². The minimum Gasteiger partial charge on any atom is -0.0996 e. The Bertz CT molecular complexity index is 215. The Kier molecular flexibility index (Phi) is 13.7. The van der Waals surface area contributed by atoms with Gasteiger partial charge in [0.25, 0.3) is 0 Å². The number of hydrogen-bond donors (Lipinski definition) is 0. The molecule has 1 unspecified atom stereocenters. The molecular weight excluding hydrogens is 240 g/mol. The Hall–Kier alpha value is -0.260. The number of allylic oxidation sites excluding steroid dienone is 1. The van der Waals surface area contributed by atoms with Gasteiger partial charge in [-0.3, -0.25) is 0 Å². The van der Waals surface area contributed by atoms with Crippen LogP contribution in [0, 0.1) is 17.3 Å². The van der Waals surface area contributed by atoms with Crippen molar-refractivity contribution in [2.75, 3.05) is 0 Å². The van der Waals surface area contributed by atoms with Crippen molar-refractivity contribution in [1.29, 1.82) is 0 Å². The van der Waals surface area contributed by atoms with Crippen LogP contribution in [0.25, 0.3) is 0 Å². The first-order chi connectivity index (χ1) is 9.37. The number of hydrogen-bond acceptors (Lipinski definition) is 0. The minimum absolute atomic E-state index is 0.678. The Morgan fingerprint density at radius 2 is 1.40 bits per heavy atom. The van der Waals surface area contributed by atoms with E-state index >= 15 is 0 Å². The van der Waals surface area contributed by atoms with Gasteiger partial charge in [-0.2, -0.15) is 0 Å². The van der Waals surface area contributed by atoms with Gasteiger partial charge < -0.3 is 0 Å². The second-order valence-corrected chi connectivity index (χ2v) is 6.91. The van der Waals surface area contributed by atoms with Gasteiger partial charge in [-0.05, 0) is 42.9 Å². The van der Waals surface area contributed by atoms with Crippen LogP contribution in [0.15, 0.2) is 12.2 Å². The predicted molar refractivity (Wildman–Crippen MR) is 96.3 cm³/mol. The SMILES string of the molecule is C=C(CC)C(C)CC1(CC)CCCC1.CC.CC(C)C. The first kappa shape index (κ1) is 22.0. The van der Waals surface area contributed by atoms with E-state index in [1.54, 1.807) is 0 Å². The summed E-state index contributed by atoms with van der Waals surface area (Å²) < 4.78 is 0. The average Bonchev–Trinajstić information content (AvgIpc) is 2.88. The Labute approximate surface area is 130 Å². The lowest BCUT2D eigenvalue weighted by Crippen LogP contribution is -2.19. The highest BCUT2D eigenvalue weighted by Crippen LogP contribution is 2.46. The zero-order valence-electron chi connectivity index (χ0n) is 15.8. The van der Waals surface area contributed by atoms with Crippen LogP contribution >= 0.6 is 0 Å². The molecule has 0 saturated heterocycles. The van der Waals surface area contributed by atoms with Gasteiger partial charge in [0.05, 0.1) is 0 Å². The van der Waals surface area contributed by atoms with E-state index in [2.05, 4.69) is 48.1 Å². The fourth-order valence-electron chi connectivity index (χ4n) is 2.97. The van der Waals surface area contributed by atoms with Gasteiger partial charge in [0.15, 0.2) is 0 Å². The highest BCUT2D eigenvalue weighted by Gasteiger charge is 2.33. The lowest BCUT2D eigenvalue weighted by atomic mass is 9.74. The molecule has 0 aromatic carbocycles. The normalized spacial score (nSPS) is 17.6. The summed E-state index contributed by atoms with van der Waals surface area (Å²) in [5.41, 5.74) is 2.13. The Morgan fingerprint density at radius 3 is 1.70 bits per heavy atom. The van der Waals surface area contributed by atoms with E-state index in [4.69, 9.17) is 0 Å². The first-order valence-corrected chi connectivity index (χ1v) is 9.04. The van der Waals surface area contributed by atoms with Crippen LogP contribution in [0.2, 0.25) is 0 Å². The van der Waals surface area contributed by atoms with Crippen LogP contribution in [-0.2, 0) is 0 Å². The molecule has 1 aliphatic carbocycles. The van der Waals surface area contributed by atoms with Gasteiger partial charge in [-0.25, -0.2) is 0 Å². The summed E-state index contributed by atoms with van der Waals surface area (Å²) in [4.78, 5) is 0. The molecular formula is C20H42. The van der Waals surface area contributed by atoms with E-state index in [-0.39, 0.29) is 0 Å². The molecule has 0 radical (unpaired) electrons. The van der Waals surface area contributed by atoms with Gasteiger partial charge in [-0.15, -0.1) is 0 Å². The summed E-state index contributed by atoms with van der Waals surface area (Å²) in [6.45, 7) is 21.6. The molecule has 0 amide bonds. The average molecular weight is 283 g/mol. The maximum atomic E-state index is 4.18. The molecule has 0 nitrogen and oxygen atoms in total. The molecule has 1 aliphatic rings. The molecule has 20 heavy (non-hydrogen) atoms. The van der Waals surface area contributed by atoms with Crippen molar-refractivity contribution in [3.8, 4) is 0 Å². The zero-order chi connectivity index (χ0) is 16.2. The van der Waals surface area contributed by atoms with Gasteiger partial charge in [0, 0.05) is 0 Å². The summed E-state index contributed by atoms with van der Waals surface area (Å²) in [6.07, 6.45) is 9.75. The van der Waals surface area contributed by atoms with Gasteiger partial charge in [-0.1, -0.05) is 86.8 Å². The van der Waals surface area contributed by atoms with Crippen molar-refractivity contribution >= 4 is 0 Å². The van der Waals surface area contributed by atoms with E-state index in [0.717, 1.165) is 18.3 Å². The monoisotopic (exact) mass is 282 g/mol. The van der Waals surface area contributed by atoms with Crippen LogP contribution in [0.5, 0.6) is 0 Å². The van der Waals surface area contributed by atoms with Crippen LogP contribution in [-0.4, -0.2) is 0 Å². The molecule has 1 fully saturated rings. The largest absolute Gasteiger partial charge is 0.0996 e. The molecule has 0 bridgehead atoms. The summed E-state index contributed by atoms with van der Waals surface area (Å²) >= 11 is 0. The summed E-state index contributed by atoms with van der Waals surface area (Å²) in [7, 11) is 0. The van der Waals surface area contributed by atoms with E-state index < -0.39 is 0 Å². The summed E-state index contributed by atoms with van der Waals surface area (Å²) in [5.74, 6) is 1.57. The third-order valence-electron chi connectivity index (χ3n) is 4.30. The van der Waals surface area contributed by atoms with E-state index in [9.17, 15) is 0 Å². The van der Waals surface area contributed by atoms with Crippen LogP contribution in [0.3, 0.4) is 0 Å². The predicted octanol–water partition coefficient (Wildman–Crippen LogP) is 7.64. The fraction of sp³-hybridized carbons (Fsp3) is 0.900. The zero-order valence-corrected chi connectivity index (χ0v) is 15.8. The quantitative estimate of drug-likeness (QED) is 0.454. The van der Waals surface area contributed by atoms with E-state index in [1.807, 2.05) is 13.8 Å². The van der Waals surface area contributed by atoms with Crippen LogP contribution < -0.4 is 0 Å². The van der Waals surface area contributed by atoms with Gasteiger partial charge in [0.2, 0.25) is 0 Å². The molecule has 0 aromatic rings. The molecule has 1 rings (SSSR count). The smallest absolute Gasteiger partial charge is 0.0229 e. The molecule has 122 valence electrons. The van der Waals surface area contributed by atoms with Crippen molar-refractivity contribution in [1.82, 2.24) is 0 Å². The van der Waals surface area contributed by atoms with Crippen LogP contribution in [0.1, 0.15) is 100 Å². The fourth-order valence-corrected chi connectivity index (χ4v) is 2.97. The van der Waals surface area contributed by atoms with Crippen molar-refractivity contribution in [3.05, 3.63) is 12.2 Å². The second-order valence-electron chi connectivity index (χ2n) is 6.91. The highest BCUT2D eigenvalue weighted by atomic mass is 14.4. The topological polar surface area (TPSA) is 0 Å². The van der Waals surface area contributed by atoms with E-state index in [0.29, 0.717) is 5.41 Å². The Balaban J connectivity index is 0. The molecule has 0 aliphatic heterocycles. The van der Waals surface area contributed by atoms with Crippen LogP contribution in [0.4, 0.5) is 0 Å². The number of rotatable bonds is 5. The van der Waals surface area contributed by atoms with Crippen molar-refractivity contribution in [2.45, 2.75) is 100 Å². The minimum atomic E-state index is 0.678. The Morgan fingerprint density at radius 1 is 1.00 bits per heavy atom. The highest BCUT2D eigenvalue weighted by molar-refractivity contribution is 5.00. The first-order valence-electron chi connectivity index (χ1n) is 9.04. The van der Waals surface area contributed by atoms with Crippen molar-refractivity contribution < 1.29 is 0 Å². The molecule has 0 aromatic heterocycles. The molecule has 0 N–H and O–H groups in total. The third kappa shape index (κ3) is 9.61. The second kappa shape index (κ2) is 12.5. The maximum absolute atomic E-state index is 4.18. The molecule has 1 atom stereocenters. The molecule has 0 spiro atoms. The summed E-state index contributed by atoms with van der Waals surface area (Å²) in [6, 6.07) is 0. The lowest BCUT2D eigenvalue weighted by molar-refractivity contribution is 0.229. The third-order valence-corrected chi connectivity index (χ3v) is 4.30. The standard InChI is InChI=1S/C14H26.C4H10.C2H6/c1-5-12(3)13(4)11-14(6-2)9-7-8-10-14;1-4(2)3;1-2/h13H,3,5-11H2,1-2,4H3;4H,1-3H3;1-2H3. The molecule has 1 saturated carbocycles. The lowest BCUT2D eigenvalue weighted by Gasteiger charge is -2.31. The van der Waals surface area contributed by atoms with Gasteiger partial charge in [0.1, 0.15) is 0 Å². The molecule has 0 heterocycles.